The van der Waals surface area contributed by atoms with Crippen molar-refractivity contribution in [3.8, 4) is 0 Å². The van der Waals surface area contributed by atoms with E-state index in [-0.39, 0.29) is 0 Å². The molecule has 1 atom stereocenters. The van der Waals surface area contributed by atoms with Gasteiger partial charge in [0.1, 0.15) is 5.82 Å². The smallest absolute Gasteiger partial charge is 0.119 e. The average Bonchev–Trinajstić information content (AvgIpc) is 2.80. The molecule has 1 heterocycles. The molecule has 0 radical (unpaired) electrons. The predicted octanol–water partition coefficient (Wildman–Crippen LogP) is 2.59. The second-order valence-electron chi connectivity index (χ2n) is 4.67. The first-order chi connectivity index (χ1) is 9.70. The van der Waals surface area contributed by atoms with Crippen LogP contribution in [0, 0.1) is 0 Å². The first kappa shape index (κ1) is 12.9. The van der Waals surface area contributed by atoms with Gasteiger partial charge in [0, 0.05) is 22.2 Å². The Morgan fingerprint density at radius 2 is 1.90 bits per heavy atom. The summed E-state index contributed by atoms with van der Waals surface area (Å²) < 4.78 is 12.2. The lowest BCUT2D eigenvalue weighted by molar-refractivity contribution is 0.681. The predicted molar refractivity (Wildman–Crippen MR) is 82.5 cm³/mol. The van der Waals surface area contributed by atoms with E-state index in [1.165, 1.54) is 0 Å². The zero-order chi connectivity index (χ0) is 13.9. The van der Waals surface area contributed by atoms with E-state index < -0.39 is 10.8 Å². The van der Waals surface area contributed by atoms with Crippen LogP contribution in [0.3, 0.4) is 0 Å². The minimum absolute atomic E-state index is 0.420. The lowest BCUT2D eigenvalue weighted by atomic mass is 10.2. The van der Waals surface area contributed by atoms with Gasteiger partial charge < -0.3 is 10.7 Å². The van der Waals surface area contributed by atoms with Gasteiger partial charge in [-0.25, -0.2) is 4.98 Å². The van der Waals surface area contributed by atoms with E-state index in [2.05, 4.69) is 9.97 Å². The number of nitrogens with two attached hydrogens (primary N) is 1. The summed E-state index contributed by atoms with van der Waals surface area (Å²) in [6.45, 7) is 0. The van der Waals surface area contributed by atoms with Crippen molar-refractivity contribution in [2.75, 3.05) is 5.73 Å². The van der Waals surface area contributed by atoms with Gasteiger partial charge in [-0.3, -0.25) is 4.21 Å². The lowest BCUT2D eigenvalue weighted by Gasteiger charge is -2.00. The summed E-state index contributed by atoms with van der Waals surface area (Å²) in [6, 6.07) is 15.3. The number of fused-ring (bicyclic) bond motifs is 1. The fraction of sp³-hybridized carbons (Fsp3) is 0.133. The topological polar surface area (TPSA) is 71.8 Å². The van der Waals surface area contributed by atoms with Crippen molar-refractivity contribution in [1.82, 2.24) is 9.97 Å². The number of nitrogens with one attached hydrogen (secondary N) is 1. The largest absolute Gasteiger partial charge is 0.399 e. The van der Waals surface area contributed by atoms with Crippen molar-refractivity contribution in [2.45, 2.75) is 11.5 Å². The number of nitrogen functional groups attached to an aromatic ring is 1. The fourth-order valence-electron chi connectivity index (χ4n) is 2.11. The highest BCUT2D eigenvalue weighted by molar-refractivity contribution is 7.83. The van der Waals surface area contributed by atoms with Gasteiger partial charge >= 0.3 is 0 Å². The molecule has 3 N–H and O–H groups in total. The highest BCUT2D eigenvalue weighted by Crippen LogP contribution is 2.16. The first-order valence-corrected chi connectivity index (χ1v) is 7.82. The van der Waals surface area contributed by atoms with Crippen LogP contribution in [0.25, 0.3) is 11.0 Å². The maximum absolute atomic E-state index is 12.2. The normalized spacial score (nSPS) is 12.6. The SMILES string of the molecule is Nc1ccc2nc(CS(=O)Cc3ccccc3)[nH]c2c1. The molecule has 3 rings (SSSR count). The van der Waals surface area contributed by atoms with Crippen LogP contribution < -0.4 is 5.73 Å². The second-order valence-corrected chi connectivity index (χ2v) is 6.13. The van der Waals surface area contributed by atoms with Crippen LogP contribution in [0.1, 0.15) is 11.4 Å². The molecule has 0 bridgehead atoms. The monoisotopic (exact) mass is 285 g/mol. The molecular formula is C15H15N3OS. The molecule has 0 saturated heterocycles. The molecule has 3 aromatic rings. The van der Waals surface area contributed by atoms with E-state index in [9.17, 15) is 4.21 Å². The third-order valence-electron chi connectivity index (χ3n) is 3.02. The van der Waals surface area contributed by atoms with E-state index in [0.717, 1.165) is 22.4 Å². The summed E-state index contributed by atoms with van der Waals surface area (Å²) in [7, 11) is -0.979. The zero-order valence-electron chi connectivity index (χ0n) is 10.9. The Labute approximate surface area is 119 Å². The fourth-order valence-corrected chi connectivity index (χ4v) is 3.22. The number of benzene rings is 2. The van der Waals surface area contributed by atoms with Gasteiger partial charge in [-0.1, -0.05) is 30.3 Å². The van der Waals surface area contributed by atoms with Crippen molar-refractivity contribution in [3.63, 3.8) is 0 Å². The van der Waals surface area contributed by atoms with Crippen molar-refractivity contribution in [1.29, 1.82) is 0 Å². The quantitative estimate of drug-likeness (QED) is 0.724. The number of anilines is 1. The number of hydrogen-bond donors (Lipinski definition) is 2. The molecule has 0 amide bonds. The van der Waals surface area contributed by atoms with Crippen LogP contribution in [-0.2, 0) is 22.3 Å². The number of nitrogens with zero attached hydrogens (tertiary/aromatic N) is 1. The van der Waals surface area contributed by atoms with E-state index >= 15 is 0 Å². The van der Waals surface area contributed by atoms with Crippen LogP contribution in [0.5, 0.6) is 0 Å². The molecule has 0 aliphatic rings. The Hall–Kier alpha value is -2.14. The van der Waals surface area contributed by atoms with Crippen molar-refractivity contribution >= 4 is 27.5 Å². The highest BCUT2D eigenvalue weighted by atomic mass is 32.2. The summed E-state index contributed by atoms with van der Waals surface area (Å²) in [5.41, 5.74) is 9.24. The van der Waals surface area contributed by atoms with Crippen molar-refractivity contribution in [2.24, 2.45) is 0 Å². The number of rotatable bonds is 4. The molecule has 0 aliphatic heterocycles. The molecule has 5 heteroatoms. The van der Waals surface area contributed by atoms with Gasteiger partial charge in [0.05, 0.1) is 16.8 Å². The third-order valence-corrected chi connectivity index (χ3v) is 4.27. The maximum atomic E-state index is 12.2. The molecule has 0 saturated carbocycles. The third kappa shape index (κ3) is 2.88. The summed E-state index contributed by atoms with van der Waals surface area (Å²) in [4.78, 5) is 7.60. The summed E-state index contributed by atoms with van der Waals surface area (Å²) in [5, 5.41) is 0. The second kappa shape index (κ2) is 5.46. The van der Waals surface area contributed by atoms with Crippen LogP contribution in [-0.4, -0.2) is 14.2 Å². The molecule has 4 nitrogen and oxygen atoms in total. The van der Waals surface area contributed by atoms with Crippen LogP contribution >= 0.6 is 0 Å². The van der Waals surface area contributed by atoms with Crippen LogP contribution in [0.2, 0.25) is 0 Å². The van der Waals surface area contributed by atoms with Gasteiger partial charge in [0.2, 0.25) is 0 Å². The van der Waals surface area contributed by atoms with Gasteiger partial charge in [0.15, 0.2) is 0 Å². The number of imidazole rings is 1. The molecular weight excluding hydrogens is 270 g/mol. The number of H-pyrrole nitrogens is 1. The van der Waals surface area contributed by atoms with Crippen LogP contribution in [0.4, 0.5) is 5.69 Å². The Kier molecular flexibility index (Phi) is 3.52. The summed E-state index contributed by atoms with van der Waals surface area (Å²) in [6.07, 6.45) is 0. The molecule has 0 aliphatic carbocycles. The molecule has 0 fully saturated rings. The Morgan fingerprint density at radius 3 is 2.70 bits per heavy atom. The standard InChI is InChI=1S/C15H15N3OS/c16-12-6-7-13-14(8-12)18-15(17-13)10-20(19)9-11-4-2-1-3-5-11/h1-8H,9-10,16H2,(H,17,18). The number of aromatic amines is 1. The maximum Gasteiger partial charge on any atom is 0.119 e. The van der Waals surface area contributed by atoms with E-state index in [1.807, 2.05) is 48.5 Å². The molecule has 0 spiro atoms. The van der Waals surface area contributed by atoms with Gasteiger partial charge in [-0.2, -0.15) is 0 Å². The average molecular weight is 285 g/mol. The minimum atomic E-state index is -0.979. The number of aromatic nitrogens is 2. The highest BCUT2D eigenvalue weighted by Gasteiger charge is 2.08. The van der Waals surface area contributed by atoms with Crippen LogP contribution in [0.15, 0.2) is 48.5 Å². The minimum Gasteiger partial charge on any atom is -0.399 e. The molecule has 1 unspecified atom stereocenters. The Morgan fingerprint density at radius 1 is 1.10 bits per heavy atom. The molecule has 2 aromatic carbocycles. The lowest BCUT2D eigenvalue weighted by Crippen LogP contribution is -2.00. The Bertz CT molecular complexity index is 752. The summed E-state index contributed by atoms with van der Waals surface area (Å²) >= 11 is 0. The number of hydrogen-bond acceptors (Lipinski definition) is 3. The zero-order valence-corrected chi connectivity index (χ0v) is 11.7. The van der Waals surface area contributed by atoms with E-state index in [4.69, 9.17) is 5.73 Å². The van der Waals surface area contributed by atoms with E-state index in [1.54, 1.807) is 0 Å². The van der Waals surface area contributed by atoms with Crippen molar-refractivity contribution < 1.29 is 4.21 Å². The van der Waals surface area contributed by atoms with Gasteiger partial charge in [-0.05, 0) is 23.8 Å². The summed E-state index contributed by atoms with van der Waals surface area (Å²) in [5.74, 6) is 1.70. The molecule has 1 aromatic heterocycles. The van der Waals surface area contributed by atoms with Gasteiger partial charge in [0.25, 0.3) is 0 Å². The van der Waals surface area contributed by atoms with Crippen molar-refractivity contribution in [3.05, 3.63) is 59.9 Å². The molecule has 102 valence electrons. The Balaban J connectivity index is 1.74. The van der Waals surface area contributed by atoms with Gasteiger partial charge in [-0.15, -0.1) is 0 Å². The molecule has 20 heavy (non-hydrogen) atoms. The first-order valence-electron chi connectivity index (χ1n) is 6.34. The van der Waals surface area contributed by atoms with E-state index in [0.29, 0.717) is 17.2 Å².